The van der Waals surface area contributed by atoms with E-state index in [9.17, 15) is 13.2 Å². The van der Waals surface area contributed by atoms with Crippen molar-refractivity contribution in [1.82, 2.24) is 4.90 Å². The molecule has 2 aromatic rings. The average Bonchev–Trinajstić information content (AvgIpc) is 3.10. The molecule has 0 atom stereocenters. The van der Waals surface area contributed by atoms with E-state index in [4.69, 9.17) is 9.47 Å². The number of hydrogen-bond acceptors (Lipinski definition) is 6. The summed E-state index contributed by atoms with van der Waals surface area (Å²) in [5.41, 5.74) is 0.750. The fraction of sp³-hybridized carbons (Fsp3) is 0.333. The minimum atomic E-state index is -3.93. The molecule has 7 nitrogen and oxygen atoms in total. The van der Waals surface area contributed by atoms with E-state index in [0.29, 0.717) is 29.6 Å². The number of hydrogen-bond donors (Lipinski definition) is 0. The van der Waals surface area contributed by atoms with Gasteiger partial charge in [0.1, 0.15) is 0 Å². The number of unbranched alkanes of at least 4 members (excludes halogenated alkanes) is 2. The normalized spacial score (nSPS) is 16.6. The second-order valence-electron chi connectivity index (χ2n) is 7.29. The number of carbonyl (C=O) groups excluding carboxylic acids is 1. The summed E-state index contributed by atoms with van der Waals surface area (Å²) in [4.78, 5) is 14.8. The maximum absolute atomic E-state index is 12.9. The molecule has 1 amide bonds. The van der Waals surface area contributed by atoms with Crippen molar-refractivity contribution in [1.29, 1.82) is 0 Å². The molecule has 1 heterocycles. The van der Waals surface area contributed by atoms with Crippen LogP contribution >= 0.6 is 11.8 Å². The smallest absolute Gasteiger partial charge is 0.284 e. The molecule has 9 heteroatoms. The molecule has 0 radical (unpaired) electrons. The molecule has 0 N–H and O–H groups in total. The van der Waals surface area contributed by atoms with Gasteiger partial charge in [-0.3, -0.25) is 9.69 Å². The Morgan fingerprint density at radius 3 is 2.48 bits per heavy atom. The first-order valence-electron chi connectivity index (χ1n) is 10.8. The predicted molar refractivity (Wildman–Crippen MR) is 132 cm³/mol. The molecule has 176 valence electrons. The van der Waals surface area contributed by atoms with Crippen LogP contribution in [0.3, 0.4) is 0 Å². The van der Waals surface area contributed by atoms with Crippen molar-refractivity contribution in [2.75, 3.05) is 20.3 Å². The van der Waals surface area contributed by atoms with Crippen molar-refractivity contribution >= 4 is 38.9 Å². The third kappa shape index (κ3) is 6.17. The molecule has 1 aliphatic rings. The van der Waals surface area contributed by atoms with Crippen LogP contribution in [0.15, 0.2) is 62.7 Å². The van der Waals surface area contributed by atoms with Crippen LogP contribution in [0.5, 0.6) is 11.5 Å². The molecule has 0 aliphatic carbocycles. The summed E-state index contributed by atoms with van der Waals surface area (Å²) in [6.07, 6.45) is 4.84. The van der Waals surface area contributed by atoms with Gasteiger partial charge in [-0.1, -0.05) is 44.0 Å². The topological polar surface area (TPSA) is 85.3 Å². The third-order valence-electron chi connectivity index (χ3n) is 4.93. The Morgan fingerprint density at radius 2 is 1.82 bits per heavy atom. The molecule has 33 heavy (non-hydrogen) atoms. The highest BCUT2D eigenvalue weighted by Crippen LogP contribution is 2.35. The second-order valence-corrected chi connectivity index (χ2v) is 9.90. The lowest BCUT2D eigenvalue weighted by atomic mass is 10.2. The van der Waals surface area contributed by atoms with Gasteiger partial charge in [0.05, 0.1) is 23.5 Å². The first kappa shape index (κ1) is 24.9. The van der Waals surface area contributed by atoms with Gasteiger partial charge in [0.25, 0.3) is 15.9 Å². The lowest BCUT2D eigenvalue weighted by Gasteiger charge is -2.12. The molecule has 0 spiro atoms. The number of sulfonamides is 1. The number of nitrogens with zero attached hydrogens (tertiary/aromatic N) is 2. The summed E-state index contributed by atoms with van der Waals surface area (Å²) < 4.78 is 40.6. The Bertz CT molecular complexity index is 1140. The van der Waals surface area contributed by atoms with Crippen LogP contribution < -0.4 is 9.47 Å². The lowest BCUT2D eigenvalue weighted by Crippen LogP contribution is -2.29. The third-order valence-corrected chi connectivity index (χ3v) is 7.34. The molecule has 0 bridgehead atoms. The predicted octanol–water partition coefficient (Wildman–Crippen LogP) is 4.95. The van der Waals surface area contributed by atoms with Gasteiger partial charge in [0.2, 0.25) is 0 Å². The number of rotatable bonds is 10. The maximum Gasteiger partial charge on any atom is 0.284 e. The van der Waals surface area contributed by atoms with E-state index in [1.54, 1.807) is 44.4 Å². The monoisotopic (exact) mass is 488 g/mol. The summed E-state index contributed by atoms with van der Waals surface area (Å²) in [7, 11) is -2.35. The average molecular weight is 489 g/mol. The largest absolute Gasteiger partial charge is 0.493 e. The Morgan fingerprint density at radius 1 is 1.06 bits per heavy atom. The van der Waals surface area contributed by atoms with Gasteiger partial charge in [-0.05, 0) is 61.0 Å². The minimum Gasteiger partial charge on any atom is -0.493 e. The van der Waals surface area contributed by atoms with Crippen LogP contribution in [-0.4, -0.2) is 44.7 Å². The van der Waals surface area contributed by atoms with Crippen LogP contribution in [-0.2, 0) is 14.8 Å². The lowest BCUT2D eigenvalue weighted by molar-refractivity contribution is -0.122. The Kier molecular flexibility index (Phi) is 8.57. The highest BCUT2D eigenvalue weighted by molar-refractivity contribution is 8.19. The van der Waals surface area contributed by atoms with Gasteiger partial charge >= 0.3 is 0 Å². The molecule has 1 aliphatic heterocycles. The molecule has 0 unspecified atom stereocenters. The van der Waals surface area contributed by atoms with Gasteiger partial charge in [-0.25, -0.2) is 0 Å². The molecule has 0 aromatic heterocycles. The van der Waals surface area contributed by atoms with Gasteiger partial charge in [0.15, 0.2) is 16.7 Å². The van der Waals surface area contributed by atoms with Crippen LogP contribution in [0.4, 0.5) is 0 Å². The van der Waals surface area contributed by atoms with Gasteiger partial charge in [-0.15, -0.1) is 4.40 Å². The van der Waals surface area contributed by atoms with Crippen LogP contribution in [0.1, 0.15) is 38.7 Å². The molecule has 1 saturated heterocycles. The molecule has 1 fully saturated rings. The van der Waals surface area contributed by atoms with E-state index in [1.165, 1.54) is 17.0 Å². The second kappa shape index (κ2) is 11.4. The number of ether oxygens (including phenoxy) is 2. The zero-order chi connectivity index (χ0) is 23.8. The van der Waals surface area contributed by atoms with Crippen molar-refractivity contribution in [3.8, 4) is 11.5 Å². The highest BCUT2D eigenvalue weighted by Gasteiger charge is 2.34. The summed E-state index contributed by atoms with van der Waals surface area (Å²) in [6.45, 7) is 4.80. The van der Waals surface area contributed by atoms with Crippen molar-refractivity contribution in [3.63, 3.8) is 0 Å². The van der Waals surface area contributed by atoms with E-state index in [-0.39, 0.29) is 16.0 Å². The van der Waals surface area contributed by atoms with E-state index in [2.05, 4.69) is 11.3 Å². The Hall–Kier alpha value is -2.78. The summed E-state index contributed by atoms with van der Waals surface area (Å²) >= 11 is 1.04. The molecule has 0 saturated carbocycles. The zero-order valence-electron chi connectivity index (χ0n) is 19.0. The zero-order valence-corrected chi connectivity index (χ0v) is 20.6. The summed E-state index contributed by atoms with van der Waals surface area (Å²) in [6, 6.07) is 13.4. The fourth-order valence-electron chi connectivity index (χ4n) is 3.18. The van der Waals surface area contributed by atoms with Gasteiger partial charge in [-0.2, -0.15) is 8.42 Å². The number of methoxy groups -OCH3 is 1. The van der Waals surface area contributed by atoms with Crippen LogP contribution in [0, 0.1) is 0 Å². The number of amidine groups is 1. The molecular weight excluding hydrogens is 460 g/mol. The number of thioether (sulfide) groups is 1. The van der Waals surface area contributed by atoms with Crippen molar-refractivity contribution in [2.24, 2.45) is 4.40 Å². The number of carbonyl (C=O) groups is 1. The van der Waals surface area contributed by atoms with Crippen molar-refractivity contribution in [3.05, 3.63) is 59.0 Å². The van der Waals surface area contributed by atoms with Crippen molar-refractivity contribution < 1.29 is 22.7 Å². The van der Waals surface area contributed by atoms with Gasteiger partial charge < -0.3 is 9.47 Å². The Labute approximate surface area is 199 Å². The van der Waals surface area contributed by atoms with Gasteiger partial charge in [0, 0.05) is 6.54 Å². The first-order chi connectivity index (χ1) is 15.9. The SMILES string of the molecule is CCCCCOc1cc(C=C2SC(=NS(=O)(=O)c3ccccc3)N(CC)C2=O)ccc1OC. The molecular formula is C24H28N2O5S2. The first-order valence-corrected chi connectivity index (χ1v) is 13.1. The number of likely N-dealkylation sites (N-methyl/N-ethyl adjacent to an activating group) is 1. The maximum atomic E-state index is 12.9. The Balaban J connectivity index is 1.88. The van der Waals surface area contributed by atoms with Crippen molar-refractivity contribution in [2.45, 2.75) is 38.0 Å². The van der Waals surface area contributed by atoms with Crippen LogP contribution in [0.25, 0.3) is 6.08 Å². The number of benzene rings is 2. The highest BCUT2D eigenvalue weighted by atomic mass is 32.2. The summed E-state index contributed by atoms with van der Waals surface area (Å²) in [5, 5.41) is 0.141. The molecule has 3 rings (SSSR count). The fourth-order valence-corrected chi connectivity index (χ4v) is 5.45. The number of amides is 1. The van der Waals surface area contributed by atoms with E-state index in [0.717, 1.165) is 36.6 Å². The van der Waals surface area contributed by atoms with E-state index >= 15 is 0 Å². The summed E-state index contributed by atoms with van der Waals surface area (Å²) in [5.74, 6) is 0.933. The van der Waals surface area contributed by atoms with E-state index < -0.39 is 10.0 Å². The van der Waals surface area contributed by atoms with E-state index in [1.807, 2.05) is 12.1 Å². The standard InChI is InChI=1S/C24H28N2O5S2/c1-4-6-10-15-31-21-16-18(13-14-20(21)30-3)17-22-23(27)26(5-2)24(32-22)25-33(28,29)19-11-8-7-9-12-19/h7-9,11-14,16-17H,4-6,10,15H2,1-3H3. The van der Waals surface area contributed by atoms with Crippen LogP contribution in [0.2, 0.25) is 0 Å². The quantitative estimate of drug-likeness (QED) is 0.348. The molecule has 2 aromatic carbocycles. The minimum absolute atomic E-state index is 0.0825.